The smallest absolute Gasteiger partial charge is 0.255 e. The van der Waals surface area contributed by atoms with E-state index in [1.165, 1.54) is 11.1 Å². The fraction of sp³-hybridized carbons (Fsp3) is 0.368. The van der Waals surface area contributed by atoms with Crippen LogP contribution in [0, 0.1) is 6.92 Å². The largest absolute Gasteiger partial charge is 0.336 e. The van der Waals surface area contributed by atoms with Gasteiger partial charge in [0.1, 0.15) is 5.52 Å². The SMILES string of the molecule is Cc1cccc(CN2CCN(C(=O)c3cnc4c(c3)nnn4C)CC2)c1. The van der Waals surface area contributed by atoms with Gasteiger partial charge in [0.25, 0.3) is 5.91 Å². The van der Waals surface area contributed by atoms with Crippen molar-refractivity contribution < 1.29 is 4.79 Å². The highest BCUT2D eigenvalue weighted by Crippen LogP contribution is 2.14. The second-order valence-electron chi connectivity index (χ2n) is 6.84. The van der Waals surface area contributed by atoms with Crippen LogP contribution in [-0.4, -0.2) is 61.9 Å². The summed E-state index contributed by atoms with van der Waals surface area (Å²) in [5.74, 6) is 0.0141. The minimum atomic E-state index is 0.0141. The molecule has 7 nitrogen and oxygen atoms in total. The van der Waals surface area contributed by atoms with Gasteiger partial charge < -0.3 is 4.90 Å². The van der Waals surface area contributed by atoms with Gasteiger partial charge in [-0.3, -0.25) is 9.69 Å². The van der Waals surface area contributed by atoms with Crippen LogP contribution in [-0.2, 0) is 13.6 Å². The van der Waals surface area contributed by atoms with E-state index in [-0.39, 0.29) is 5.91 Å². The highest BCUT2D eigenvalue weighted by atomic mass is 16.2. The Morgan fingerprint density at radius 2 is 1.96 bits per heavy atom. The molecule has 0 aliphatic carbocycles. The number of aromatic nitrogens is 4. The molecule has 2 aromatic heterocycles. The molecule has 0 bridgehead atoms. The Morgan fingerprint density at radius 3 is 2.73 bits per heavy atom. The van der Waals surface area contributed by atoms with Crippen molar-refractivity contribution in [2.45, 2.75) is 13.5 Å². The number of amides is 1. The summed E-state index contributed by atoms with van der Waals surface area (Å²) < 4.78 is 1.60. The zero-order chi connectivity index (χ0) is 18.1. The Kier molecular flexibility index (Phi) is 4.38. The number of hydrogen-bond donors (Lipinski definition) is 0. The van der Waals surface area contributed by atoms with E-state index in [4.69, 9.17) is 0 Å². The summed E-state index contributed by atoms with van der Waals surface area (Å²) in [6.45, 7) is 6.24. The van der Waals surface area contributed by atoms with E-state index in [0.29, 0.717) is 16.7 Å². The summed E-state index contributed by atoms with van der Waals surface area (Å²) in [7, 11) is 1.79. The molecule has 1 aliphatic heterocycles. The van der Waals surface area contributed by atoms with Crippen LogP contribution in [0.25, 0.3) is 11.2 Å². The summed E-state index contributed by atoms with van der Waals surface area (Å²) in [5, 5.41) is 7.98. The van der Waals surface area contributed by atoms with Crippen LogP contribution in [0.5, 0.6) is 0 Å². The molecule has 26 heavy (non-hydrogen) atoms. The van der Waals surface area contributed by atoms with Gasteiger partial charge in [-0.25, -0.2) is 9.67 Å². The van der Waals surface area contributed by atoms with Gasteiger partial charge in [-0.1, -0.05) is 35.0 Å². The van der Waals surface area contributed by atoms with Crippen LogP contribution in [0.2, 0.25) is 0 Å². The van der Waals surface area contributed by atoms with E-state index in [9.17, 15) is 4.79 Å². The molecule has 3 heterocycles. The molecule has 3 aromatic rings. The number of aryl methyl sites for hydroxylation is 2. The Balaban J connectivity index is 1.39. The zero-order valence-corrected chi connectivity index (χ0v) is 15.1. The number of benzene rings is 1. The molecule has 4 rings (SSSR count). The Bertz CT molecular complexity index is 942. The van der Waals surface area contributed by atoms with Crippen molar-refractivity contribution in [3.8, 4) is 0 Å². The highest BCUT2D eigenvalue weighted by Gasteiger charge is 2.23. The topological polar surface area (TPSA) is 67.2 Å². The standard InChI is InChI=1S/C19H22N6O/c1-14-4-3-5-15(10-14)13-24-6-8-25(9-7-24)19(26)16-11-17-18(20-12-16)23(2)22-21-17/h3-5,10-12H,6-9,13H2,1-2H3. The first-order valence-electron chi connectivity index (χ1n) is 8.83. The molecule has 0 unspecified atom stereocenters. The van der Waals surface area contributed by atoms with E-state index in [2.05, 4.69) is 51.4 Å². The number of piperazine rings is 1. The molecule has 0 atom stereocenters. The van der Waals surface area contributed by atoms with E-state index < -0.39 is 0 Å². The van der Waals surface area contributed by atoms with Gasteiger partial charge in [0.2, 0.25) is 0 Å². The molecule has 0 spiro atoms. The minimum absolute atomic E-state index is 0.0141. The first-order chi connectivity index (χ1) is 12.6. The third kappa shape index (κ3) is 3.30. The van der Waals surface area contributed by atoms with Crippen LogP contribution in [0.4, 0.5) is 0 Å². The molecule has 7 heteroatoms. The maximum atomic E-state index is 12.8. The van der Waals surface area contributed by atoms with Crippen LogP contribution in [0.15, 0.2) is 36.5 Å². The van der Waals surface area contributed by atoms with Crippen LogP contribution in [0.3, 0.4) is 0 Å². The molecular weight excluding hydrogens is 328 g/mol. The first-order valence-corrected chi connectivity index (χ1v) is 8.83. The van der Waals surface area contributed by atoms with Crippen molar-refractivity contribution in [2.75, 3.05) is 26.2 Å². The fourth-order valence-corrected chi connectivity index (χ4v) is 3.40. The van der Waals surface area contributed by atoms with Gasteiger partial charge in [-0.05, 0) is 18.6 Å². The maximum absolute atomic E-state index is 12.8. The Hall–Kier alpha value is -2.80. The lowest BCUT2D eigenvalue weighted by Crippen LogP contribution is -2.48. The van der Waals surface area contributed by atoms with Crippen molar-refractivity contribution in [1.82, 2.24) is 29.8 Å². The van der Waals surface area contributed by atoms with Crippen LogP contribution < -0.4 is 0 Å². The molecule has 1 fully saturated rings. The normalized spacial score (nSPS) is 15.5. The molecule has 0 N–H and O–H groups in total. The van der Waals surface area contributed by atoms with E-state index >= 15 is 0 Å². The fourth-order valence-electron chi connectivity index (χ4n) is 3.40. The first kappa shape index (κ1) is 16.7. The minimum Gasteiger partial charge on any atom is -0.336 e. The number of carbonyl (C=O) groups excluding carboxylic acids is 1. The summed E-state index contributed by atoms with van der Waals surface area (Å²) in [6.07, 6.45) is 1.62. The third-order valence-corrected chi connectivity index (χ3v) is 4.84. The number of nitrogens with zero attached hydrogens (tertiary/aromatic N) is 6. The summed E-state index contributed by atoms with van der Waals surface area (Å²) in [6, 6.07) is 10.4. The quantitative estimate of drug-likeness (QED) is 0.718. The molecule has 0 saturated carbocycles. The number of pyridine rings is 1. The second-order valence-corrected chi connectivity index (χ2v) is 6.84. The molecule has 134 valence electrons. The molecular formula is C19H22N6O. The second kappa shape index (κ2) is 6.84. The van der Waals surface area contributed by atoms with Gasteiger partial charge in [-0.2, -0.15) is 0 Å². The van der Waals surface area contributed by atoms with Gasteiger partial charge in [-0.15, -0.1) is 5.10 Å². The molecule has 1 aromatic carbocycles. The third-order valence-electron chi connectivity index (χ3n) is 4.84. The summed E-state index contributed by atoms with van der Waals surface area (Å²) in [4.78, 5) is 21.4. The summed E-state index contributed by atoms with van der Waals surface area (Å²) >= 11 is 0. The Labute approximate surface area is 152 Å². The Morgan fingerprint density at radius 1 is 1.15 bits per heavy atom. The lowest BCUT2D eigenvalue weighted by Gasteiger charge is -2.34. The number of rotatable bonds is 3. The van der Waals surface area contributed by atoms with Crippen molar-refractivity contribution in [3.63, 3.8) is 0 Å². The molecule has 1 amide bonds. The van der Waals surface area contributed by atoms with Gasteiger partial charge in [0.05, 0.1) is 5.56 Å². The van der Waals surface area contributed by atoms with Crippen LogP contribution in [0.1, 0.15) is 21.5 Å². The average Bonchev–Trinajstić information content (AvgIpc) is 3.02. The van der Waals surface area contributed by atoms with Crippen molar-refractivity contribution in [2.24, 2.45) is 7.05 Å². The number of hydrogen-bond acceptors (Lipinski definition) is 5. The van der Waals surface area contributed by atoms with Crippen LogP contribution >= 0.6 is 0 Å². The monoisotopic (exact) mass is 350 g/mol. The van der Waals surface area contributed by atoms with Crippen molar-refractivity contribution in [1.29, 1.82) is 0 Å². The van der Waals surface area contributed by atoms with Gasteiger partial charge in [0, 0.05) is 46.0 Å². The van der Waals surface area contributed by atoms with E-state index in [1.807, 2.05) is 4.90 Å². The maximum Gasteiger partial charge on any atom is 0.255 e. The van der Waals surface area contributed by atoms with E-state index in [0.717, 1.165) is 32.7 Å². The number of fused-ring (bicyclic) bond motifs is 1. The van der Waals surface area contributed by atoms with Gasteiger partial charge in [0.15, 0.2) is 5.65 Å². The van der Waals surface area contributed by atoms with Gasteiger partial charge >= 0.3 is 0 Å². The predicted molar refractivity (Wildman–Crippen MR) is 98.7 cm³/mol. The predicted octanol–water partition coefficient (Wildman–Crippen LogP) is 1.63. The highest BCUT2D eigenvalue weighted by molar-refractivity contribution is 5.96. The zero-order valence-electron chi connectivity index (χ0n) is 15.1. The average molecular weight is 350 g/mol. The van der Waals surface area contributed by atoms with E-state index in [1.54, 1.807) is 24.0 Å². The lowest BCUT2D eigenvalue weighted by molar-refractivity contribution is 0.0628. The lowest BCUT2D eigenvalue weighted by atomic mass is 10.1. The molecule has 1 aliphatic rings. The number of carbonyl (C=O) groups is 1. The summed E-state index contributed by atoms with van der Waals surface area (Å²) in [5.41, 5.74) is 4.51. The van der Waals surface area contributed by atoms with Crippen molar-refractivity contribution in [3.05, 3.63) is 53.2 Å². The van der Waals surface area contributed by atoms with Crippen molar-refractivity contribution >= 4 is 17.1 Å². The molecule has 1 saturated heterocycles. The molecule has 0 radical (unpaired) electrons.